The average Bonchev–Trinajstić information content (AvgIpc) is 2.36. The van der Waals surface area contributed by atoms with E-state index in [-0.39, 0.29) is 0 Å². The van der Waals surface area contributed by atoms with Gasteiger partial charge in [-0.25, -0.2) is 5.84 Å². The number of hydrogen-bond donors (Lipinski definition) is 3. The predicted molar refractivity (Wildman–Crippen MR) is 73.1 cm³/mol. The lowest BCUT2D eigenvalue weighted by Crippen LogP contribution is -2.42. The van der Waals surface area contributed by atoms with Gasteiger partial charge in [-0.05, 0) is 30.5 Å². The third-order valence-electron chi connectivity index (χ3n) is 2.25. The van der Waals surface area contributed by atoms with E-state index in [2.05, 4.69) is 22.7 Å². The molecule has 0 aliphatic rings. The van der Waals surface area contributed by atoms with Crippen molar-refractivity contribution >= 4 is 17.6 Å². The molecule has 0 saturated heterocycles. The first-order valence-corrected chi connectivity index (χ1v) is 6.13. The van der Waals surface area contributed by atoms with E-state index in [0.29, 0.717) is 5.96 Å². The molecule has 1 aromatic carbocycles. The molecule has 0 amide bonds. The number of guanidine groups is 1. The van der Waals surface area contributed by atoms with Gasteiger partial charge in [0.15, 0.2) is 0 Å². The van der Waals surface area contributed by atoms with Gasteiger partial charge in [-0.3, -0.25) is 10.4 Å². The summed E-state index contributed by atoms with van der Waals surface area (Å²) in [5.74, 6) is 5.99. The highest BCUT2D eigenvalue weighted by Crippen LogP contribution is 2.09. The van der Waals surface area contributed by atoms with Gasteiger partial charge in [0.2, 0.25) is 5.96 Å². The molecule has 0 saturated carbocycles. The van der Waals surface area contributed by atoms with E-state index in [1.54, 1.807) is 0 Å². The maximum Gasteiger partial charge on any atom is 0.205 e. The van der Waals surface area contributed by atoms with Gasteiger partial charge < -0.3 is 5.32 Å². The van der Waals surface area contributed by atoms with Crippen LogP contribution < -0.4 is 16.6 Å². The molecule has 0 aliphatic heterocycles. The molecule has 4 nitrogen and oxygen atoms in total. The van der Waals surface area contributed by atoms with Crippen molar-refractivity contribution < 1.29 is 0 Å². The highest BCUT2D eigenvalue weighted by Gasteiger charge is 1.96. The van der Waals surface area contributed by atoms with Crippen LogP contribution in [0.25, 0.3) is 0 Å². The van der Waals surface area contributed by atoms with E-state index in [1.165, 1.54) is 5.56 Å². The van der Waals surface area contributed by atoms with Gasteiger partial charge in [0.05, 0.1) is 0 Å². The van der Waals surface area contributed by atoms with Crippen LogP contribution in [-0.4, -0.2) is 19.0 Å². The summed E-state index contributed by atoms with van der Waals surface area (Å²) in [7, 11) is 0. The van der Waals surface area contributed by atoms with E-state index in [4.69, 9.17) is 17.4 Å². The molecule has 1 rings (SSSR count). The lowest BCUT2D eigenvalue weighted by molar-refractivity contribution is 0.799. The van der Waals surface area contributed by atoms with E-state index in [9.17, 15) is 0 Å². The van der Waals surface area contributed by atoms with Gasteiger partial charge in [0, 0.05) is 18.1 Å². The number of hydrogen-bond acceptors (Lipinski definition) is 2. The van der Waals surface area contributed by atoms with Gasteiger partial charge in [-0.2, -0.15) is 0 Å². The van der Waals surface area contributed by atoms with E-state index >= 15 is 0 Å². The fraction of sp³-hybridized carbons (Fsp3) is 0.417. The van der Waals surface area contributed by atoms with Crippen LogP contribution in [0, 0.1) is 0 Å². The summed E-state index contributed by atoms with van der Waals surface area (Å²) in [6, 6.07) is 7.82. The maximum atomic E-state index is 5.81. The lowest BCUT2D eigenvalue weighted by atomic mass is 10.1. The Morgan fingerprint density at radius 1 is 1.35 bits per heavy atom. The molecular weight excluding hydrogens is 236 g/mol. The van der Waals surface area contributed by atoms with Crippen molar-refractivity contribution in [3.63, 3.8) is 0 Å². The molecule has 0 aliphatic carbocycles. The van der Waals surface area contributed by atoms with Crippen LogP contribution in [0.3, 0.4) is 0 Å². The monoisotopic (exact) mass is 254 g/mol. The number of nitrogens with two attached hydrogens (primary N) is 1. The van der Waals surface area contributed by atoms with Gasteiger partial charge in [-0.1, -0.05) is 30.7 Å². The van der Waals surface area contributed by atoms with Gasteiger partial charge >= 0.3 is 0 Å². The highest BCUT2D eigenvalue weighted by molar-refractivity contribution is 6.30. The summed E-state index contributed by atoms with van der Waals surface area (Å²) in [5.41, 5.74) is 3.78. The summed E-state index contributed by atoms with van der Waals surface area (Å²) in [6.07, 6.45) is 1.91. The smallest absolute Gasteiger partial charge is 0.205 e. The summed E-state index contributed by atoms with van der Waals surface area (Å²) >= 11 is 5.81. The molecule has 0 atom stereocenters. The maximum absolute atomic E-state index is 5.81. The molecule has 5 heteroatoms. The SMILES string of the molecule is CCCN=C(NN)NCCc1ccc(Cl)cc1. The third kappa shape index (κ3) is 5.56. The highest BCUT2D eigenvalue weighted by atomic mass is 35.5. The normalized spacial score (nSPS) is 11.4. The zero-order chi connectivity index (χ0) is 12.5. The van der Waals surface area contributed by atoms with E-state index in [1.807, 2.05) is 24.3 Å². The van der Waals surface area contributed by atoms with Crippen molar-refractivity contribution in [3.05, 3.63) is 34.9 Å². The van der Waals surface area contributed by atoms with Crippen LogP contribution in [0.4, 0.5) is 0 Å². The van der Waals surface area contributed by atoms with Crippen LogP contribution in [0.2, 0.25) is 5.02 Å². The van der Waals surface area contributed by atoms with Gasteiger partial charge in [0.25, 0.3) is 0 Å². The fourth-order valence-electron chi connectivity index (χ4n) is 1.35. The van der Waals surface area contributed by atoms with Crippen molar-refractivity contribution in [3.8, 4) is 0 Å². The van der Waals surface area contributed by atoms with Crippen molar-refractivity contribution in [2.75, 3.05) is 13.1 Å². The first kappa shape index (κ1) is 13.8. The quantitative estimate of drug-likeness (QED) is 0.324. The van der Waals surface area contributed by atoms with Crippen molar-refractivity contribution in [1.29, 1.82) is 0 Å². The lowest BCUT2D eigenvalue weighted by Gasteiger charge is -2.08. The summed E-state index contributed by atoms with van der Waals surface area (Å²) in [6.45, 7) is 3.63. The van der Waals surface area contributed by atoms with Crippen molar-refractivity contribution in [2.45, 2.75) is 19.8 Å². The van der Waals surface area contributed by atoms with E-state index in [0.717, 1.165) is 31.0 Å². The Morgan fingerprint density at radius 3 is 2.65 bits per heavy atom. The minimum absolute atomic E-state index is 0.640. The third-order valence-corrected chi connectivity index (χ3v) is 2.50. The van der Waals surface area contributed by atoms with E-state index < -0.39 is 0 Å². The number of nitrogens with one attached hydrogen (secondary N) is 2. The number of benzene rings is 1. The molecule has 0 spiro atoms. The zero-order valence-corrected chi connectivity index (χ0v) is 10.8. The first-order valence-electron chi connectivity index (χ1n) is 5.75. The second kappa shape index (κ2) is 7.92. The standard InChI is InChI=1S/C12H19ClN4/c1-2-8-15-12(17-14)16-9-7-10-3-5-11(13)6-4-10/h3-6H,2,7-9,14H2,1H3,(H2,15,16,17). The number of nitrogens with zero attached hydrogens (tertiary/aromatic N) is 1. The Kier molecular flexibility index (Phi) is 6.43. The number of hydrazine groups is 1. The second-order valence-electron chi connectivity index (χ2n) is 3.68. The molecule has 0 unspecified atom stereocenters. The zero-order valence-electron chi connectivity index (χ0n) is 10.0. The molecule has 0 radical (unpaired) electrons. The minimum Gasteiger partial charge on any atom is -0.355 e. The molecule has 17 heavy (non-hydrogen) atoms. The summed E-state index contributed by atoms with van der Waals surface area (Å²) in [5, 5.41) is 3.91. The Bertz CT molecular complexity index is 348. The molecule has 0 bridgehead atoms. The van der Waals surface area contributed by atoms with Crippen LogP contribution in [0.1, 0.15) is 18.9 Å². The predicted octanol–water partition coefficient (Wildman–Crippen LogP) is 1.70. The molecule has 94 valence electrons. The summed E-state index contributed by atoms with van der Waals surface area (Å²) in [4.78, 5) is 4.25. The first-order chi connectivity index (χ1) is 8.26. The molecule has 4 N–H and O–H groups in total. The Balaban J connectivity index is 2.33. The van der Waals surface area contributed by atoms with Gasteiger partial charge in [0.1, 0.15) is 0 Å². The molecule has 0 fully saturated rings. The minimum atomic E-state index is 0.640. The van der Waals surface area contributed by atoms with Crippen LogP contribution in [0.15, 0.2) is 29.3 Å². The van der Waals surface area contributed by atoms with Crippen molar-refractivity contribution in [2.24, 2.45) is 10.8 Å². The van der Waals surface area contributed by atoms with Crippen LogP contribution in [0.5, 0.6) is 0 Å². The Morgan fingerprint density at radius 2 is 2.06 bits per heavy atom. The second-order valence-corrected chi connectivity index (χ2v) is 4.11. The number of halogens is 1. The Hall–Kier alpha value is -1.26. The summed E-state index contributed by atoms with van der Waals surface area (Å²) < 4.78 is 0. The number of aliphatic imine (C=N–C) groups is 1. The largest absolute Gasteiger partial charge is 0.355 e. The van der Waals surface area contributed by atoms with Gasteiger partial charge in [-0.15, -0.1) is 0 Å². The molecule has 1 aromatic rings. The fourth-order valence-corrected chi connectivity index (χ4v) is 1.48. The van der Waals surface area contributed by atoms with Crippen LogP contribution in [-0.2, 0) is 6.42 Å². The molecular formula is C12H19ClN4. The van der Waals surface area contributed by atoms with Crippen LogP contribution >= 0.6 is 11.6 Å². The Labute approximate surface area is 107 Å². The topological polar surface area (TPSA) is 62.4 Å². The molecule has 0 aromatic heterocycles. The van der Waals surface area contributed by atoms with Crippen molar-refractivity contribution in [1.82, 2.24) is 10.7 Å². The number of rotatable bonds is 5. The average molecular weight is 255 g/mol. The molecule has 0 heterocycles.